The molecule has 0 saturated carbocycles. The second-order valence-electron chi connectivity index (χ2n) is 4.96. The van der Waals surface area contributed by atoms with Crippen LogP contribution in [0.15, 0.2) is 6.33 Å². The highest BCUT2D eigenvalue weighted by Gasteiger charge is 2.38. The van der Waals surface area contributed by atoms with Gasteiger partial charge in [0.1, 0.15) is 18.7 Å². The van der Waals surface area contributed by atoms with Gasteiger partial charge < -0.3 is 9.64 Å². The first kappa shape index (κ1) is 14.8. The predicted molar refractivity (Wildman–Crippen MR) is 76.4 cm³/mol. The third kappa shape index (κ3) is 3.71. The van der Waals surface area contributed by atoms with Gasteiger partial charge >= 0.3 is 6.11 Å². The largest absolute Gasteiger partial charge is 0.373 e. The predicted octanol–water partition coefficient (Wildman–Crippen LogP) is 2.71. The van der Waals surface area contributed by atoms with E-state index in [1.165, 1.54) is 6.33 Å². The molecule has 2 heterocycles. The zero-order chi connectivity index (χ0) is 14.0. The second-order valence-corrected chi connectivity index (χ2v) is 6.04. The van der Waals surface area contributed by atoms with Crippen molar-refractivity contribution in [2.24, 2.45) is 5.92 Å². The fourth-order valence-electron chi connectivity index (χ4n) is 1.98. The van der Waals surface area contributed by atoms with Crippen molar-refractivity contribution in [2.45, 2.75) is 26.4 Å². The molecule has 4 nitrogen and oxygen atoms in total. The Labute approximate surface area is 124 Å². The van der Waals surface area contributed by atoms with Crippen LogP contribution >= 0.6 is 22.6 Å². The van der Waals surface area contributed by atoms with Gasteiger partial charge in [-0.05, 0) is 34.9 Å². The summed E-state index contributed by atoms with van der Waals surface area (Å²) >= 11 is 2.14. The lowest BCUT2D eigenvalue weighted by molar-refractivity contribution is -0.240. The van der Waals surface area contributed by atoms with Crippen LogP contribution in [-0.4, -0.2) is 35.8 Å². The van der Waals surface area contributed by atoms with Crippen molar-refractivity contribution in [3.63, 3.8) is 0 Å². The van der Waals surface area contributed by atoms with Gasteiger partial charge in [0, 0.05) is 6.54 Å². The molecule has 0 aliphatic carbocycles. The Morgan fingerprint density at radius 2 is 2.21 bits per heavy atom. The molecule has 1 aromatic rings. The van der Waals surface area contributed by atoms with Crippen LogP contribution in [0.3, 0.4) is 0 Å². The van der Waals surface area contributed by atoms with Crippen LogP contribution in [0.2, 0.25) is 0 Å². The van der Waals surface area contributed by atoms with Crippen LogP contribution < -0.4 is 4.90 Å². The van der Waals surface area contributed by atoms with E-state index >= 15 is 0 Å². The van der Waals surface area contributed by atoms with Gasteiger partial charge in [-0.25, -0.2) is 9.97 Å². The normalized spacial score (nSPS) is 18.9. The van der Waals surface area contributed by atoms with Gasteiger partial charge in [-0.15, -0.1) is 0 Å². The summed E-state index contributed by atoms with van der Waals surface area (Å²) in [6.07, 6.45) is -0.845. The Hall–Kier alpha value is -0.570. The van der Waals surface area contributed by atoms with Gasteiger partial charge in [0.15, 0.2) is 0 Å². The SMILES string of the molecule is CC(C)Cc1ncnc(N2CCOC(F)(F)C2)c1I. The number of morpholine rings is 1. The average molecular weight is 383 g/mol. The van der Waals surface area contributed by atoms with Crippen LogP contribution in [-0.2, 0) is 11.2 Å². The molecule has 0 atom stereocenters. The maximum Gasteiger partial charge on any atom is 0.373 e. The minimum absolute atomic E-state index is 0.00654. The van der Waals surface area contributed by atoms with E-state index in [-0.39, 0.29) is 6.61 Å². The standard InChI is InChI=1S/C12H16F2IN3O/c1-8(2)5-9-10(15)11(17-7-16-9)18-3-4-19-12(13,14)6-18/h7-8H,3-6H2,1-2H3. The van der Waals surface area contributed by atoms with Crippen molar-refractivity contribution in [2.75, 3.05) is 24.6 Å². The summed E-state index contributed by atoms with van der Waals surface area (Å²) in [5, 5.41) is 0. The third-order valence-corrected chi connectivity index (χ3v) is 3.90. The van der Waals surface area contributed by atoms with E-state index in [2.05, 4.69) is 51.1 Å². The van der Waals surface area contributed by atoms with Crippen molar-refractivity contribution >= 4 is 28.4 Å². The molecular weight excluding hydrogens is 367 g/mol. The van der Waals surface area contributed by atoms with Crippen LogP contribution in [0.4, 0.5) is 14.6 Å². The first-order valence-electron chi connectivity index (χ1n) is 6.15. The summed E-state index contributed by atoms with van der Waals surface area (Å²) in [6, 6.07) is 0. The molecule has 1 aromatic heterocycles. The molecule has 0 unspecified atom stereocenters. The van der Waals surface area contributed by atoms with Gasteiger partial charge in [0.05, 0.1) is 15.9 Å². The smallest absolute Gasteiger partial charge is 0.345 e. The van der Waals surface area contributed by atoms with Crippen molar-refractivity contribution < 1.29 is 13.5 Å². The Kier molecular flexibility index (Phi) is 4.54. The molecule has 0 spiro atoms. The molecule has 2 rings (SSSR count). The molecule has 0 radical (unpaired) electrons. The summed E-state index contributed by atoms with van der Waals surface area (Å²) < 4.78 is 31.8. The molecule has 0 bridgehead atoms. The molecule has 0 N–H and O–H groups in total. The lowest BCUT2D eigenvalue weighted by Gasteiger charge is -2.33. The fourth-order valence-corrected chi connectivity index (χ4v) is 2.82. The monoisotopic (exact) mass is 383 g/mol. The Morgan fingerprint density at radius 3 is 2.84 bits per heavy atom. The van der Waals surface area contributed by atoms with Gasteiger partial charge in [-0.3, -0.25) is 0 Å². The highest BCUT2D eigenvalue weighted by atomic mass is 127. The lowest BCUT2D eigenvalue weighted by atomic mass is 10.1. The maximum atomic E-state index is 13.3. The molecule has 1 aliphatic rings. The summed E-state index contributed by atoms with van der Waals surface area (Å²) in [7, 11) is 0. The van der Waals surface area contributed by atoms with Gasteiger partial charge in [-0.2, -0.15) is 8.78 Å². The average Bonchev–Trinajstić information content (AvgIpc) is 2.30. The minimum Gasteiger partial charge on any atom is -0.345 e. The van der Waals surface area contributed by atoms with Crippen LogP contribution in [0, 0.1) is 9.49 Å². The van der Waals surface area contributed by atoms with E-state index in [1.807, 2.05) is 0 Å². The van der Waals surface area contributed by atoms with E-state index < -0.39 is 12.7 Å². The molecule has 19 heavy (non-hydrogen) atoms. The van der Waals surface area contributed by atoms with E-state index in [0.717, 1.165) is 15.7 Å². The summed E-state index contributed by atoms with van der Waals surface area (Å²) in [4.78, 5) is 9.97. The van der Waals surface area contributed by atoms with Crippen molar-refractivity contribution in [1.29, 1.82) is 0 Å². The van der Waals surface area contributed by atoms with Gasteiger partial charge in [0.2, 0.25) is 0 Å². The highest BCUT2D eigenvalue weighted by Crippen LogP contribution is 2.29. The number of halogens is 3. The molecule has 106 valence electrons. The van der Waals surface area contributed by atoms with Crippen LogP contribution in [0.1, 0.15) is 19.5 Å². The fraction of sp³-hybridized carbons (Fsp3) is 0.667. The van der Waals surface area contributed by atoms with Gasteiger partial charge in [-0.1, -0.05) is 13.8 Å². The molecule has 1 fully saturated rings. The Bertz CT molecular complexity index is 457. The molecule has 7 heteroatoms. The second kappa shape index (κ2) is 5.82. The van der Waals surface area contributed by atoms with E-state index in [0.29, 0.717) is 18.3 Å². The van der Waals surface area contributed by atoms with Crippen molar-refractivity contribution in [3.8, 4) is 0 Å². The molecule has 1 saturated heterocycles. The number of alkyl halides is 2. The van der Waals surface area contributed by atoms with E-state index in [4.69, 9.17) is 0 Å². The number of hydrogen-bond acceptors (Lipinski definition) is 4. The Balaban J connectivity index is 2.24. The number of anilines is 1. The maximum absolute atomic E-state index is 13.3. The summed E-state index contributed by atoms with van der Waals surface area (Å²) in [5.41, 5.74) is 0.912. The number of hydrogen-bond donors (Lipinski definition) is 0. The van der Waals surface area contributed by atoms with E-state index in [9.17, 15) is 8.78 Å². The minimum atomic E-state index is -3.11. The molecular formula is C12H16F2IN3O. The highest BCUT2D eigenvalue weighted by molar-refractivity contribution is 14.1. The van der Waals surface area contributed by atoms with Crippen molar-refractivity contribution in [3.05, 3.63) is 15.6 Å². The zero-order valence-electron chi connectivity index (χ0n) is 10.9. The summed E-state index contributed by atoms with van der Waals surface area (Å²) in [6.45, 7) is 4.17. The van der Waals surface area contributed by atoms with Crippen molar-refractivity contribution in [1.82, 2.24) is 9.97 Å². The number of rotatable bonds is 3. The molecule has 1 aliphatic heterocycles. The first-order chi connectivity index (χ1) is 8.89. The number of ether oxygens (including phenoxy) is 1. The topological polar surface area (TPSA) is 38.2 Å². The van der Waals surface area contributed by atoms with Crippen LogP contribution in [0.5, 0.6) is 0 Å². The lowest BCUT2D eigenvalue weighted by Crippen LogP contribution is -2.47. The Morgan fingerprint density at radius 1 is 1.47 bits per heavy atom. The molecule has 0 aromatic carbocycles. The number of aromatic nitrogens is 2. The molecule has 0 amide bonds. The van der Waals surface area contributed by atoms with Crippen LogP contribution in [0.25, 0.3) is 0 Å². The van der Waals surface area contributed by atoms with Gasteiger partial charge in [0.25, 0.3) is 0 Å². The summed E-state index contributed by atoms with van der Waals surface area (Å²) in [5.74, 6) is 1.04. The van der Waals surface area contributed by atoms with E-state index in [1.54, 1.807) is 4.90 Å². The third-order valence-electron chi connectivity index (χ3n) is 2.79. The quantitative estimate of drug-likeness (QED) is 0.753. The zero-order valence-corrected chi connectivity index (χ0v) is 13.0. The number of nitrogens with zero attached hydrogens (tertiary/aromatic N) is 3. The first-order valence-corrected chi connectivity index (χ1v) is 7.23.